The molecule has 0 aromatic heterocycles. The SMILES string of the molecule is O=P(O)(O)C(NS(=O)(=O)c1ccc(Br)cc1)c1ccc(Cl)c(Cl)c1. The molecule has 0 aliphatic heterocycles. The summed E-state index contributed by atoms with van der Waals surface area (Å²) in [6.07, 6.45) is 0. The Kier molecular flexibility index (Phi) is 6.16. The topological polar surface area (TPSA) is 104 Å². The van der Waals surface area contributed by atoms with E-state index >= 15 is 0 Å². The number of rotatable bonds is 5. The van der Waals surface area contributed by atoms with Crippen LogP contribution in [0.2, 0.25) is 10.0 Å². The fourth-order valence-corrected chi connectivity index (χ4v) is 4.99. The van der Waals surface area contributed by atoms with Crippen LogP contribution in [-0.4, -0.2) is 18.2 Å². The summed E-state index contributed by atoms with van der Waals surface area (Å²) in [4.78, 5) is 19.0. The van der Waals surface area contributed by atoms with E-state index in [4.69, 9.17) is 23.2 Å². The molecule has 0 aliphatic carbocycles. The van der Waals surface area contributed by atoms with E-state index < -0.39 is 23.4 Å². The van der Waals surface area contributed by atoms with E-state index in [0.717, 1.165) is 0 Å². The molecule has 11 heteroatoms. The lowest BCUT2D eigenvalue weighted by Gasteiger charge is -2.20. The Labute approximate surface area is 157 Å². The van der Waals surface area contributed by atoms with Gasteiger partial charge in [0.15, 0.2) is 0 Å². The number of halogens is 3. The van der Waals surface area contributed by atoms with Crippen LogP contribution in [0.4, 0.5) is 0 Å². The van der Waals surface area contributed by atoms with Gasteiger partial charge in [0.05, 0.1) is 14.9 Å². The highest BCUT2D eigenvalue weighted by Gasteiger charge is 2.35. The van der Waals surface area contributed by atoms with E-state index in [9.17, 15) is 22.8 Å². The van der Waals surface area contributed by atoms with Crippen molar-refractivity contribution in [1.29, 1.82) is 0 Å². The lowest BCUT2D eigenvalue weighted by atomic mass is 10.2. The van der Waals surface area contributed by atoms with Gasteiger partial charge in [-0.3, -0.25) is 4.57 Å². The van der Waals surface area contributed by atoms with Crippen molar-refractivity contribution in [3.8, 4) is 0 Å². The minimum absolute atomic E-state index is 0.00146. The summed E-state index contributed by atoms with van der Waals surface area (Å²) in [5, 5.41) is 0.233. The molecule has 0 spiro atoms. The first kappa shape index (κ1) is 19.9. The van der Waals surface area contributed by atoms with Crippen molar-refractivity contribution in [3.05, 3.63) is 62.5 Å². The minimum atomic E-state index is -4.86. The molecule has 130 valence electrons. The average Bonchev–Trinajstić information content (AvgIpc) is 2.47. The average molecular weight is 475 g/mol. The van der Waals surface area contributed by atoms with Crippen LogP contribution in [0.5, 0.6) is 0 Å². The van der Waals surface area contributed by atoms with Crippen LogP contribution >= 0.6 is 46.7 Å². The monoisotopic (exact) mass is 473 g/mol. The molecule has 0 saturated heterocycles. The van der Waals surface area contributed by atoms with E-state index in [1.165, 1.54) is 42.5 Å². The van der Waals surface area contributed by atoms with E-state index in [1.54, 1.807) is 0 Å². The van der Waals surface area contributed by atoms with Gasteiger partial charge in [0.25, 0.3) is 0 Å². The maximum atomic E-state index is 12.4. The Morgan fingerprint density at radius 3 is 2.12 bits per heavy atom. The van der Waals surface area contributed by atoms with Crippen LogP contribution in [0.25, 0.3) is 0 Å². The molecule has 3 N–H and O–H groups in total. The van der Waals surface area contributed by atoms with Crippen molar-refractivity contribution in [1.82, 2.24) is 4.72 Å². The van der Waals surface area contributed by atoms with Crippen LogP contribution in [0, 0.1) is 0 Å². The molecule has 0 amide bonds. The summed E-state index contributed by atoms with van der Waals surface area (Å²) in [5.74, 6) is -1.79. The van der Waals surface area contributed by atoms with Crippen molar-refractivity contribution < 1.29 is 22.8 Å². The molecule has 24 heavy (non-hydrogen) atoms. The largest absolute Gasteiger partial charge is 0.347 e. The molecule has 0 fully saturated rings. The van der Waals surface area contributed by atoms with E-state index in [2.05, 4.69) is 15.9 Å². The fourth-order valence-electron chi connectivity index (χ4n) is 1.84. The number of hydrogen-bond acceptors (Lipinski definition) is 3. The lowest BCUT2D eigenvalue weighted by Crippen LogP contribution is -2.28. The van der Waals surface area contributed by atoms with Gasteiger partial charge in [-0.05, 0) is 42.0 Å². The predicted octanol–water partition coefficient (Wildman–Crippen LogP) is 3.91. The standard InChI is InChI=1S/C13H11BrCl2NO5PS/c14-9-2-4-10(5-3-9)24(21,22)17-13(23(18,19)20)8-1-6-11(15)12(16)7-8/h1-7,13,17H,(H2,18,19,20). The van der Waals surface area contributed by atoms with Gasteiger partial charge >= 0.3 is 7.60 Å². The second-order valence-electron chi connectivity index (χ2n) is 4.74. The molecule has 2 aromatic carbocycles. The highest BCUT2D eigenvalue weighted by Crippen LogP contribution is 2.51. The molecule has 0 bridgehead atoms. The Morgan fingerprint density at radius 2 is 1.62 bits per heavy atom. The molecule has 0 heterocycles. The maximum absolute atomic E-state index is 12.4. The van der Waals surface area contributed by atoms with Crippen LogP contribution in [0.15, 0.2) is 51.8 Å². The first-order valence-electron chi connectivity index (χ1n) is 6.29. The van der Waals surface area contributed by atoms with Crippen molar-refractivity contribution in [2.24, 2.45) is 0 Å². The van der Waals surface area contributed by atoms with Crippen LogP contribution < -0.4 is 4.72 Å². The summed E-state index contributed by atoms with van der Waals surface area (Å²) in [6, 6.07) is 9.44. The highest BCUT2D eigenvalue weighted by atomic mass is 79.9. The zero-order valence-corrected chi connectivity index (χ0v) is 16.5. The van der Waals surface area contributed by atoms with E-state index in [1.807, 2.05) is 4.72 Å². The summed E-state index contributed by atoms with van der Waals surface area (Å²) in [7, 11) is -9.03. The van der Waals surface area contributed by atoms with Gasteiger partial charge in [0.2, 0.25) is 10.0 Å². The van der Waals surface area contributed by atoms with Crippen LogP contribution in [0.3, 0.4) is 0 Å². The number of sulfonamides is 1. The van der Waals surface area contributed by atoms with E-state index in [-0.39, 0.29) is 20.5 Å². The van der Waals surface area contributed by atoms with Crippen LogP contribution in [0.1, 0.15) is 11.3 Å². The summed E-state index contributed by atoms with van der Waals surface area (Å²) in [6.45, 7) is 0. The third kappa shape index (κ3) is 4.80. The molecular weight excluding hydrogens is 464 g/mol. The molecule has 0 aliphatic rings. The number of hydrogen-bond donors (Lipinski definition) is 3. The van der Waals surface area contributed by atoms with Crippen molar-refractivity contribution in [3.63, 3.8) is 0 Å². The number of benzene rings is 2. The van der Waals surface area contributed by atoms with Crippen molar-refractivity contribution >= 4 is 56.8 Å². The normalized spacial score (nSPS) is 13.7. The minimum Gasteiger partial charge on any atom is -0.323 e. The molecule has 1 unspecified atom stereocenters. The van der Waals surface area contributed by atoms with Crippen molar-refractivity contribution in [2.75, 3.05) is 0 Å². The van der Waals surface area contributed by atoms with Gasteiger partial charge in [-0.25, -0.2) is 8.42 Å². The molecule has 2 rings (SSSR count). The van der Waals surface area contributed by atoms with Gasteiger partial charge in [-0.2, -0.15) is 4.72 Å². The molecule has 6 nitrogen and oxygen atoms in total. The molecule has 2 aromatic rings. The highest BCUT2D eigenvalue weighted by molar-refractivity contribution is 9.10. The first-order valence-corrected chi connectivity index (χ1v) is 11.0. The third-order valence-electron chi connectivity index (χ3n) is 2.99. The molecule has 0 saturated carbocycles. The zero-order chi connectivity index (χ0) is 18.1. The van der Waals surface area contributed by atoms with Gasteiger partial charge < -0.3 is 9.79 Å². The Bertz CT molecular complexity index is 901. The van der Waals surface area contributed by atoms with Crippen molar-refractivity contribution in [2.45, 2.75) is 10.7 Å². The summed E-state index contributed by atoms with van der Waals surface area (Å²) in [5.41, 5.74) is -0.00146. The quantitative estimate of drug-likeness (QED) is 0.570. The fraction of sp³-hybridized carbons (Fsp3) is 0.0769. The maximum Gasteiger partial charge on any atom is 0.347 e. The molecule has 1 atom stereocenters. The molecule has 0 radical (unpaired) electrons. The number of nitrogens with one attached hydrogen (secondary N) is 1. The summed E-state index contributed by atoms with van der Waals surface area (Å²) >= 11 is 14.8. The third-order valence-corrected chi connectivity index (χ3v) is 6.97. The predicted molar refractivity (Wildman–Crippen MR) is 95.7 cm³/mol. The van der Waals surface area contributed by atoms with Gasteiger partial charge in [0.1, 0.15) is 5.78 Å². The van der Waals surface area contributed by atoms with E-state index in [0.29, 0.717) is 4.47 Å². The Morgan fingerprint density at radius 1 is 1.04 bits per heavy atom. The second kappa shape index (κ2) is 7.43. The lowest BCUT2D eigenvalue weighted by molar-refractivity contribution is 0.355. The Hall–Kier alpha value is -0.440. The first-order chi connectivity index (χ1) is 11.0. The smallest absolute Gasteiger partial charge is 0.323 e. The Balaban J connectivity index is 2.44. The van der Waals surface area contributed by atoms with Gasteiger partial charge in [-0.1, -0.05) is 45.2 Å². The van der Waals surface area contributed by atoms with Crippen LogP contribution in [-0.2, 0) is 14.6 Å². The second-order valence-corrected chi connectivity index (χ2v) is 9.88. The summed E-state index contributed by atoms with van der Waals surface area (Å²) < 4.78 is 39.3. The van der Waals surface area contributed by atoms with Gasteiger partial charge in [-0.15, -0.1) is 0 Å². The zero-order valence-electron chi connectivity index (χ0n) is 11.7. The molecular formula is C13H11BrCl2NO5PS. The van der Waals surface area contributed by atoms with Gasteiger partial charge in [0, 0.05) is 4.47 Å².